The monoisotopic (exact) mass is 408 g/mol. The van der Waals surface area contributed by atoms with Crippen LogP contribution in [0.15, 0.2) is 35.5 Å². The van der Waals surface area contributed by atoms with Crippen molar-refractivity contribution in [3.05, 3.63) is 46.1 Å². The van der Waals surface area contributed by atoms with Crippen LogP contribution < -0.4 is 20.4 Å². The summed E-state index contributed by atoms with van der Waals surface area (Å²) in [7, 11) is 0. The summed E-state index contributed by atoms with van der Waals surface area (Å²) in [4.78, 5) is 28.1. The maximum atomic E-state index is 12.8. The van der Waals surface area contributed by atoms with Gasteiger partial charge in [0.25, 0.3) is 0 Å². The summed E-state index contributed by atoms with van der Waals surface area (Å²) in [5.74, 6) is -0.424. The highest BCUT2D eigenvalue weighted by Gasteiger charge is 2.36. The molecule has 0 aliphatic carbocycles. The topological polar surface area (TPSA) is 76.3 Å². The quantitative estimate of drug-likeness (QED) is 0.471. The molecule has 1 aromatic carbocycles. The highest BCUT2D eigenvalue weighted by molar-refractivity contribution is 6.31. The molecule has 2 heterocycles. The van der Waals surface area contributed by atoms with E-state index >= 15 is 0 Å². The van der Waals surface area contributed by atoms with Gasteiger partial charge in [-0.1, -0.05) is 29.8 Å². The predicted octanol–water partition coefficient (Wildman–Crippen LogP) is -0.686. The number of halogens is 1. The van der Waals surface area contributed by atoms with Crippen LogP contribution in [0.3, 0.4) is 0 Å². The molecule has 0 unspecified atom stereocenters. The third-order valence-corrected chi connectivity index (χ3v) is 5.80. The average molecular weight is 409 g/mol. The first-order valence-electron chi connectivity index (χ1n) is 9.92. The van der Waals surface area contributed by atoms with E-state index in [2.05, 4.69) is 17.6 Å². The number of quaternary nitrogens is 2. The number of nitrogens with one attached hydrogen (secondary N) is 4. The van der Waals surface area contributed by atoms with Crippen molar-refractivity contribution in [3.8, 4) is 0 Å². The van der Waals surface area contributed by atoms with Crippen LogP contribution in [-0.4, -0.2) is 57.9 Å². The molecule has 3 rings (SSSR count). The molecule has 0 bridgehead atoms. The van der Waals surface area contributed by atoms with Gasteiger partial charge in [-0.15, -0.1) is 0 Å². The second kappa shape index (κ2) is 9.41. The molecular weight excluding hydrogens is 380 g/mol. The van der Waals surface area contributed by atoms with Crippen molar-refractivity contribution in [2.45, 2.75) is 19.9 Å². The molecule has 4 N–H and O–H groups in total. The maximum absolute atomic E-state index is 12.8. The van der Waals surface area contributed by atoms with Crippen LogP contribution in [0.5, 0.6) is 0 Å². The van der Waals surface area contributed by atoms with Gasteiger partial charge in [0.05, 0.1) is 30.5 Å². The minimum atomic E-state index is -0.626. The molecule has 0 saturated carbocycles. The second-order valence-corrected chi connectivity index (χ2v) is 7.60. The molecule has 2 amide bonds. The fourth-order valence-electron chi connectivity index (χ4n) is 3.89. The number of likely N-dealkylation sites (N-methyl/N-ethyl adjacent to an activating group) is 1. The van der Waals surface area contributed by atoms with E-state index in [0.29, 0.717) is 28.4 Å². The molecule has 1 fully saturated rings. The van der Waals surface area contributed by atoms with Crippen LogP contribution in [0, 0.1) is 0 Å². The van der Waals surface area contributed by atoms with E-state index in [4.69, 9.17) is 16.3 Å². The Morgan fingerprint density at radius 3 is 2.50 bits per heavy atom. The van der Waals surface area contributed by atoms with E-state index in [0.717, 1.165) is 32.7 Å². The lowest BCUT2D eigenvalue weighted by atomic mass is 9.95. The minimum Gasteiger partial charge on any atom is -0.463 e. The molecule has 2 aliphatic rings. The Balaban J connectivity index is 1.93. The standard InChI is InChI=1S/C20H27ClN4O3/c1-3-24-9-11-25(12-10-24)13-16-17(19(26)28-4-2)18(23-20(27)22-16)14-7-5-6-8-15(14)21/h5-8,18H,3-4,9-13H2,1-2H3,(H2,22,23,27)/p+2/t18-/m0/s1. The Morgan fingerprint density at radius 2 is 1.86 bits per heavy atom. The Morgan fingerprint density at radius 1 is 1.18 bits per heavy atom. The van der Waals surface area contributed by atoms with Crippen LogP contribution in [0.25, 0.3) is 0 Å². The Bertz CT molecular complexity index is 760. The van der Waals surface area contributed by atoms with E-state index in [-0.39, 0.29) is 12.6 Å². The van der Waals surface area contributed by atoms with Gasteiger partial charge in [0.2, 0.25) is 0 Å². The lowest BCUT2D eigenvalue weighted by molar-refractivity contribution is -1.01. The summed E-state index contributed by atoms with van der Waals surface area (Å²) in [5.41, 5.74) is 1.75. The number of ether oxygens (including phenoxy) is 1. The van der Waals surface area contributed by atoms with E-state index < -0.39 is 12.0 Å². The van der Waals surface area contributed by atoms with Crippen molar-refractivity contribution >= 4 is 23.6 Å². The number of rotatable bonds is 6. The zero-order valence-corrected chi connectivity index (χ0v) is 17.2. The molecule has 2 aliphatic heterocycles. The Hall–Kier alpha value is -2.09. The largest absolute Gasteiger partial charge is 0.463 e. The first kappa shape index (κ1) is 20.6. The lowest BCUT2D eigenvalue weighted by Gasteiger charge is -2.33. The SMILES string of the molecule is CCOC(=O)C1=C(C[NH+]2CC[NH+](CC)CC2)NC(=O)N[C@H]1c1ccccc1Cl. The van der Waals surface area contributed by atoms with Crippen molar-refractivity contribution in [3.63, 3.8) is 0 Å². The molecule has 28 heavy (non-hydrogen) atoms. The number of benzene rings is 1. The van der Waals surface area contributed by atoms with Crippen LogP contribution in [0.4, 0.5) is 4.79 Å². The highest BCUT2D eigenvalue weighted by Crippen LogP contribution is 2.31. The van der Waals surface area contributed by atoms with E-state index in [1.165, 1.54) is 4.90 Å². The van der Waals surface area contributed by atoms with Gasteiger partial charge >= 0.3 is 12.0 Å². The third kappa shape index (κ3) is 4.66. The second-order valence-electron chi connectivity index (χ2n) is 7.20. The molecule has 1 saturated heterocycles. The van der Waals surface area contributed by atoms with Gasteiger partial charge in [-0.2, -0.15) is 0 Å². The number of urea groups is 1. The van der Waals surface area contributed by atoms with E-state index in [9.17, 15) is 9.59 Å². The number of carbonyl (C=O) groups excluding carboxylic acids is 2. The Labute approximate surface area is 170 Å². The van der Waals surface area contributed by atoms with Crippen molar-refractivity contribution in [2.75, 3.05) is 45.9 Å². The molecule has 1 atom stereocenters. The van der Waals surface area contributed by atoms with Crippen molar-refractivity contribution in [1.82, 2.24) is 10.6 Å². The number of amides is 2. The van der Waals surface area contributed by atoms with E-state index in [1.807, 2.05) is 18.2 Å². The van der Waals surface area contributed by atoms with Gasteiger partial charge in [0, 0.05) is 5.02 Å². The number of esters is 1. The van der Waals surface area contributed by atoms with Crippen molar-refractivity contribution < 1.29 is 24.1 Å². The summed E-state index contributed by atoms with van der Waals surface area (Å²) in [5, 5.41) is 6.20. The van der Waals surface area contributed by atoms with Gasteiger partial charge in [-0.25, -0.2) is 9.59 Å². The van der Waals surface area contributed by atoms with Crippen LogP contribution in [0.1, 0.15) is 25.5 Å². The van der Waals surface area contributed by atoms with Gasteiger partial charge in [0.15, 0.2) is 0 Å². The number of carbonyl (C=O) groups is 2. The summed E-state index contributed by atoms with van der Waals surface area (Å²) in [6.45, 7) is 10.1. The van der Waals surface area contributed by atoms with Crippen LogP contribution >= 0.6 is 11.6 Å². The molecular formula is C20H29ClN4O3+2. The van der Waals surface area contributed by atoms with Gasteiger partial charge in [-0.05, 0) is 25.5 Å². The zero-order valence-electron chi connectivity index (χ0n) is 16.4. The summed E-state index contributed by atoms with van der Waals surface area (Å²) in [6, 6.07) is 6.29. The molecule has 0 spiro atoms. The summed E-state index contributed by atoms with van der Waals surface area (Å²) in [6.07, 6.45) is 0. The summed E-state index contributed by atoms with van der Waals surface area (Å²) >= 11 is 6.37. The average Bonchev–Trinajstić information content (AvgIpc) is 2.68. The van der Waals surface area contributed by atoms with Crippen molar-refractivity contribution in [2.24, 2.45) is 0 Å². The van der Waals surface area contributed by atoms with Crippen LogP contribution in [0.2, 0.25) is 5.02 Å². The number of piperazine rings is 1. The lowest BCUT2D eigenvalue weighted by Crippen LogP contribution is -3.28. The molecule has 0 aromatic heterocycles. The molecule has 8 heteroatoms. The number of hydrogen-bond acceptors (Lipinski definition) is 3. The normalized spacial score (nSPS) is 25.1. The Kier molecular flexibility index (Phi) is 6.93. The fourth-order valence-corrected chi connectivity index (χ4v) is 4.13. The fraction of sp³-hybridized carbons (Fsp3) is 0.500. The van der Waals surface area contributed by atoms with Gasteiger partial charge in [-0.3, -0.25) is 0 Å². The van der Waals surface area contributed by atoms with Crippen molar-refractivity contribution in [1.29, 1.82) is 0 Å². The smallest absolute Gasteiger partial charge is 0.338 e. The predicted molar refractivity (Wildman–Crippen MR) is 106 cm³/mol. The summed E-state index contributed by atoms with van der Waals surface area (Å²) < 4.78 is 5.32. The molecule has 1 aromatic rings. The first-order valence-corrected chi connectivity index (χ1v) is 10.3. The molecule has 0 radical (unpaired) electrons. The third-order valence-electron chi connectivity index (χ3n) is 5.46. The number of hydrogen-bond donors (Lipinski definition) is 4. The zero-order chi connectivity index (χ0) is 20.1. The first-order chi connectivity index (χ1) is 13.5. The van der Waals surface area contributed by atoms with Gasteiger partial charge < -0.3 is 25.2 Å². The molecule has 152 valence electrons. The van der Waals surface area contributed by atoms with Gasteiger partial charge in [0.1, 0.15) is 32.7 Å². The molecule has 7 nitrogen and oxygen atoms in total. The van der Waals surface area contributed by atoms with Crippen LogP contribution in [-0.2, 0) is 9.53 Å². The maximum Gasteiger partial charge on any atom is 0.338 e. The highest BCUT2D eigenvalue weighted by atomic mass is 35.5. The van der Waals surface area contributed by atoms with E-state index in [1.54, 1.807) is 17.9 Å². The minimum absolute atomic E-state index is 0.268.